The van der Waals surface area contributed by atoms with E-state index in [1.807, 2.05) is 30.3 Å². The zero-order valence-corrected chi connectivity index (χ0v) is 10.5. The number of hydrogen-bond donors (Lipinski definition) is 1. The second-order valence-electron chi connectivity index (χ2n) is 3.97. The van der Waals surface area contributed by atoms with E-state index in [1.54, 1.807) is 6.20 Å². The SMILES string of the molecule is CC(NCc1ccccc1)c1cccnc1Cl. The summed E-state index contributed by atoms with van der Waals surface area (Å²) in [7, 11) is 0. The summed E-state index contributed by atoms with van der Waals surface area (Å²) in [4.78, 5) is 4.08. The van der Waals surface area contributed by atoms with Gasteiger partial charge in [0.1, 0.15) is 5.15 Å². The molecule has 0 spiro atoms. The van der Waals surface area contributed by atoms with Crippen LogP contribution in [0.15, 0.2) is 48.7 Å². The maximum absolute atomic E-state index is 6.05. The predicted molar refractivity (Wildman–Crippen MR) is 70.9 cm³/mol. The second kappa shape index (κ2) is 5.80. The maximum atomic E-state index is 6.05. The lowest BCUT2D eigenvalue weighted by molar-refractivity contribution is 0.573. The van der Waals surface area contributed by atoms with Gasteiger partial charge in [0.25, 0.3) is 0 Å². The Morgan fingerprint density at radius 1 is 1.18 bits per heavy atom. The number of halogens is 1. The fraction of sp³-hybridized carbons (Fsp3) is 0.214. The highest BCUT2D eigenvalue weighted by Crippen LogP contribution is 2.20. The van der Waals surface area contributed by atoms with Gasteiger partial charge in [-0.25, -0.2) is 4.98 Å². The molecule has 1 N–H and O–H groups in total. The van der Waals surface area contributed by atoms with Gasteiger partial charge in [-0.1, -0.05) is 48.0 Å². The largest absolute Gasteiger partial charge is 0.306 e. The van der Waals surface area contributed by atoms with Crippen molar-refractivity contribution in [3.8, 4) is 0 Å². The fourth-order valence-electron chi connectivity index (χ4n) is 1.70. The first-order valence-corrected chi connectivity index (χ1v) is 6.03. The van der Waals surface area contributed by atoms with E-state index in [0.29, 0.717) is 5.15 Å². The molecule has 3 heteroatoms. The molecule has 17 heavy (non-hydrogen) atoms. The van der Waals surface area contributed by atoms with Crippen LogP contribution in [0.3, 0.4) is 0 Å². The van der Waals surface area contributed by atoms with Crippen LogP contribution in [0.2, 0.25) is 5.15 Å². The third-order valence-corrected chi connectivity index (χ3v) is 3.03. The van der Waals surface area contributed by atoms with Crippen molar-refractivity contribution in [3.63, 3.8) is 0 Å². The zero-order chi connectivity index (χ0) is 12.1. The minimum Gasteiger partial charge on any atom is -0.306 e. The molecule has 1 aromatic heterocycles. The van der Waals surface area contributed by atoms with Gasteiger partial charge in [-0.15, -0.1) is 0 Å². The van der Waals surface area contributed by atoms with Gasteiger partial charge in [0.2, 0.25) is 0 Å². The van der Waals surface area contributed by atoms with Gasteiger partial charge in [-0.3, -0.25) is 0 Å². The fourth-order valence-corrected chi connectivity index (χ4v) is 1.98. The molecule has 0 amide bonds. The van der Waals surface area contributed by atoms with Crippen LogP contribution in [0.4, 0.5) is 0 Å². The Morgan fingerprint density at radius 2 is 1.94 bits per heavy atom. The van der Waals surface area contributed by atoms with Crippen molar-refractivity contribution in [2.45, 2.75) is 19.5 Å². The maximum Gasteiger partial charge on any atom is 0.133 e. The van der Waals surface area contributed by atoms with E-state index in [9.17, 15) is 0 Å². The molecule has 88 valence electrons. The molecule has 0 aliphatic heterocycles. The Hall–Kier alpha value is -1.38. The highest BCUT2D eigenvalue weighted by atomic mass is 35.5. The smallest absolute Gasteiger partial charge is 0.133 e. The van der Waals surface area contributed by atoms with Crippen LogP contribution in [-0.4, -0.2) is 4.98 Å². The Labute approximate surface area is 107 Å². The molecule has 0 fully saturated rings. The van der Waals surface area contributed by atoms with Crippen LogP contribution < -0.4 is 5.32 Å². The van der Waals surface area contributed by atoms with Crippen molar-refractivity contribution >= 4 is 11.6 Å². The summed E-state index contributed by atoms with van der Waals surface area (Å²) in [6, 6.07) is 14.4. The molecule has 2 nitrogen and oxygen atoms in total. The quantitative estimate of drug-likeness (QED) is 0.834. The topological polar surface area (TPSA) is 24.9 Å². The van der Waals surface area contributed by atoms with Crippen LogP contribution in [0.25, 0.3) is 0 Å². The Morgan fingerprint density at radius 3 is 2.65 bits per heavy atom. The van der Waals surface area contributed by atoms with Crippen LogP contribution in [0.1, 0.15) is 24.1 Å². The molecular formula is C14H15ClN2. The van der Waals surface area contributed by atoms with Gasteiger partial charge in [-0.05, 0) is 18.6 Å². The summed E-state index contributed by atoms with van der Waals surface area (Å²) in [6.45, 7) is 2.92. The number of benzene rings is 1. The number of nitrogens with one attached hydrogen (secondary N) is 1. The molecule has 0 radical (unpaired) electrons. The van der Waals surface area contributed by atoms with Crippen molar-refractivity contribution in [2.75, 3.05) is 0 Å². The normalized spacial score (nSPS) is 12.4. The van der Waals surface area contributed by atoms with E-state index in [0.717, 1.165) is 12.1 Å². The Bertz CT molecular complexity index is 471. The first kappa shape index (κ1) is 12.1. The third-order valence-electron chi connectivity index (χ3n) is 2.71. The average molecular weight is 247 g/mol. The first-order valence-electron chi connectivity index (χ1n) is 5.65. The second-order valence-corrected chi connectivity index (χ2v) is 4.33. The minimum atomic E-state index is 0.191. The zero-order valence-electron chi connectivity index (χ0n) is 9.73. The van der Waals surface area contributed by atoms with Crippen molar-refractivity contribution < 1.29 is 0 Å². The molecule has 1 unspecified atom stereocenters. The summed E-state index contributed by atoms with van der Waals surface area (Å²) in [5, 5.41) is 4.00. The lowest BCUT2D eigenvalue weighted by atomic mass is 10.1. The molecule has 0 bridgehead atoms. The van der Waals surface area contributed by atoms with Crippen LogP contribution in [0.5, 0.6) is 0 Å². The lowest BCUT2D eigenvalue weighted by Gasteiger charge is -2.15. The van der Waals surface area contributed by atoms with Gasteiger partial charge < -0.3 is 5.32 Å². The van der Waals surface area contributed by atoms with Gasteiger partial charge in [0.05, 0.1) is 0 Å². The molecule has 1 heterocycles. The van der Waals surface area contributed by atoms with Crippen LogP contribution >= 0.6 is 11.6 Å². The number of aromatic nitrogens is 1. The summed E-state index contributed by atoms with van der Waals surface area (Å²) < 4.78 is 0. The number of rotatable bonds is 4. The first-order chi connectivity index (χ1) is 8.27. The molecule has 2 aromatic rings. The van der Waals surface area contributed by atoms with Gasteiger partial charge in [-0.2, -0.15) is 0 Å². The van der Waals surface area contributed by atoms with Crippen LogP contribution in [-0.2, 0) is 6.54 Å². The monoisotopic (exact) mass is 246 g/mol. The Balaban J connectivity index is 1.99. The van der Waals surface area contributed by atoms with E-state index in [4.69, 9.17) is 11.6 Å². The Kier molecular flexibility index (Phi) is 4.13. The molecular weight excluding hydrogens is 232 g/mol. The standard InChI is InChI=1S/C14H15ClN2/c1-11(13-8-5-9-16-14(13)15)17-10-12-6-3-2-4-7-12/h2-9,11,17H,10H2,1H3. The van der Waals surface area contributed by atoms with Crippen LogP contribution in [0, 0.1) is 0 Å². The predicted octanol–water partition coefficient (Wildman–Crippen LogP) is 3.59. The number of hydrogen-bond acceptors (Lipinski definition) is 2. The summed E-state index contributed by atoms with van der Waals surface area (Å²) in [5.74, 6) is 0. The third kappa shape index (κ3) is 3.29. The highest BCUT2D eigenvalue weighted by Gasteiger charge is 2.08. The van der Waals surface area contributed by atoms with Crippen molar-refractivity contribution in [1.29, 1.82) is 0 Å². The van der Waals surface area contributed by atoms with E-state index < -0.39 is 0 Å². The molecule has 0 aliphatic carbocycles. The molecule has 1 atom stereocenters. The minimum absolute atomic E-state index is 0.191. The van der Waals surface area contributed by atoms with Crippen molar-refractivity contribution in [1.82, 2.24) is 10.3 Å². The number of nitrogens with zero attached hydrogens (tertiary/aromatic N) is 1. The van der Waals surface area contributed by atoms with Gasteiger partial charge in [0, 0.05) is 24.3 Å². The van der Waals surface area contributed by atoms with Gasteiger partial charge >= 0.3 is 0 Å². The highest BCUT2D eigenvalue weighted by molar-refractivity contribution is 6.30. The van der Waals surface area contributed by atoms with E-state index in [1.165, 1.54) is 5.56 Å². The van der Waals surface area contributed by atoms with E-state index >= 15 is 0 Å². The van der Waals surface area contributed by atoms with E-state index in [2.05, 4.69) is 29.4 Å². The molecule has 0 saturated carbocycles. The summed E-state index contributed by atoms with van der Waals surface area (Å²) in [5.41, 5.74) is 2.30. The van der Waals surface area contributed by atoms with Crippen molar-refractivity contribution in [2.24, 2.45) is 0 Å². The van der Waals surface area contributed by atoms with E-state index in [-0.39, 0.29) is 6.04 Å². The molecule has 0 saturated heterocycles. The average Bonchev–Trinajstić information content (AvgIpc) is 2.38. The number of pyridine rings is 1. The summed E-state index contributed by atoms with van der Waals surface area (Å²) >= 11 is 6.05. The molecule has 2 rings (SSSR count). The lowest BCUT2D eigenvalue weighted by Crippen LogP contribution is -2.18. The van der Waals surface area contributed by atoms with Crippen molar-refractivity contribution in [3.05, 3.63) is 64.9 Å². The van der Waals surface area contributed by atoms with Gasteiger partial charge in [0.15, 0.2) is 0 Å². The molecule has 1 aromatic carbocycles. The molecule has 0 aliphatic rings. The summed E-state index contributed by atoms with van der Waals surface area (Å²) in [6.07, 6.45) is 1.70.